The zero-order valence-electron chi connectivity index (χ0n) is 11.6. The van der Waals surface area contributed by atoms with Crippen LogP contribution in [0.1, 0.15) is 17.3 Å². The zero-order chi connectivity index (χ0) is 15.8. The predicted molar refractivity (Wildman–Crippen MR) is 76.0 cm³/mol. The van der Waals surface area contributed by atoms with Crippen LogP contribution in [-0.2, 0) is 4.74 Å². The Morgan fingerprint density at radius 1 is 1.43 bits per heavy atom. The van der Waals surface area contributed by atoms with E-state index in [9.17, 15) is 14.0 Å². The average Bonchev–Trinajstić information content (AvgIpc) is 2.37. The van der Waals surface area contributed by atoms with Crippen LogP contribution < -0.4 is 10.6 Å². The third-order valence-corrected chi connectivity index (χ3v) is 2.34. The van der Waals surface area contributed by atoms with Gasteiger partial charge in [-0.15, -0.1) is 0 Å². The molecule has 6 nitrogen and oxygen atoms in total. The van der Waals surface area contributed by atoms with Gasteiger partial charge in [-0.3, -0.25) is 0 Å². The SMILES string of the molecule is C=C(C)COCCNC(=O)Nc1ccc(C(=O)O)c(F)c1. The minimum atomic E-state index is -1.36. The molecule has 0 heterocycles. The number of ether oxygens (including phenoxy) is 1. The van der Waals surface area contributed by atoms with Crippen molar-refractivity contribution in [2.45, 2.75) is 6.92 Å². The summed E-state index contributed by atoms with van der Waals surface area (Å²) in [6, 6.07) is 2.81. The number of halogens is 1. The van der Waals surface area contributed by atoms with Crippen LogP contribution in [0.3, 0.4) is 0 Å². The maximum absolute atomic E-state index is 13.4. The van der Waals surface area contributed by atoms with E-state index < -0.39 is 23.4 Å². The Hall–Kier alpha value is -2.41. The molecule has 3 N–H and O–H groups in total. The first kappa shape index (κ1) is 16.6. The largest absolute Gasteiger partial charge is 0.478 e. The second-order valence-corrected chi connectivity index (χ2v) is 4.39. The molecule has 0 saturated carbocycles. The van der Waals surface area contributed by atoms with Gasteiger partial charge in [0, 0.05) is 12.2 Å². The molecule has 0 spiro atoms. The number of carboxylic acids is 1. The molecule has 1 aromatic carbocycles. The number of aromatic carboxylic acids is 1. The van der Waals surface area contributed by atoms with Crippen molar-refractivity contribution >= 4 is 17.7 Å². The fourth-order valence-electron chi connectivity index (χ4n) is 1.42. The van der Waals surface area contributed by atoms with E-state index >= 15 is 0 Å². The highest BCUT2D eigenvalue weighted by molar-refractivity contribution is 5.91. The predicted octanol–water partition coefficient (Wildman–Crippen LogP) is 2.24. The minimum Gasteiger partial charge on any atom is -0.478 e. The molecule has 0 saturated heterocycles. The molecular formula is C14H17FN2O4. The van der Waals surface area contributed by atoms with E-state index in [0.717, 1.165) is 17.7 Å². The van der Waals surface area contributed by atoms with Crippen LogP contribution in [0.5, 0.6) is 0 Å². The average molecular weight is 296 g/mol. The summed E-state index contributed by atoms with van der Waals surface area (Å²) in [5, 5.41) is 13.6. The summed E-state index contributed by atoms with van der Waals surface area (Å²) in [6.45, 7) is 6.53. The maximum atomic E-state index is 13.4. The van der Waals surface area contributed by atoms with Crippen LogP contribution in [0, 0.1) is 5.82 Å². The summed E-state index contributed by atoms with van der Waals surface area (Å²) >= 11 is 0. The van der Waals surface area contributed by atoms with E-state index in [4.69, 9.17) is 9.84 Å². The van der Waals surface area contributed by atoms with Crippen LogP contribution in [0.2, 0.25) is 0 Å². The van der Waals surface area contributed by atoms with E-state index in [-0.39, 0.29) is 12.2 Å². The maximum Gasteiger partial charge on any atom is 0.338 e. The molecule has 0 bridgehead atoms. The van der Waals surface area contributed by atoms with Gasteiger partial charge < -0.3 is 20.5 Å². The first-order valence-electron chi connectivity index (χ1n) is 6.20. The molecule has 7 heteroatoms. The van der Waals surface area contributed by atoms with E-state index in [1.807, 2.05) is 6.92 Å². The Balaban J connectivity index is 2.39. The molecule has 0 aromatic heterocycles. The molecule has 1 rings (SSSR count). The topological polar surface area (TPSA) is 87.7 Å². The highest BCUT2D eigenvalue weighted by atomic mass is 19.1. The quantitative estimate of drug-likeness (QED) is 0.532. The van der Waals surface area contributed by atoms with Crippen molar-refractivity contribution in [2.24, 2.45) is 0 Å². The van der Waals surface area contributed by atoms with E-state index in [2.05, 4.69) is 17.2 Å². The summed E-state index contributed by atoms with van der Waals surface area (Å²) < 4.78 is 18.6. The van der Waals surface area contributed by atoms with Gasteiger partial charge in [0.15, 0.2) is 0 Å². The number of amides is 2. The molecule has 0 aliphatic rings. The number of carboxylic acid groups (broad SMARTS) is 1. The summed E-state index contributed by atoms with van der Waals surface area (Å²) in [5.74, 6) is -2.27. The highest BCUT2D eigenvalue weighted by Crippen LogP contribution is 2.14. The van der Waals surface area contributed by atoms with Gasteiger partial charge in [-0.05, 0) is 25.1 Å². The lowest BCUT2D eigenvalue weighted by Crippen LogP contribution is -2.31. The first-order chi connectivity index (χ1) is 9.90. The summed E-state index contributed by atoms with van der Waals surface area (Å²) in [5.41, 5.74) is 0.598. The minimum absolute atomic E-state index is 0.165. The lowest BCUT2D eigenvalue weighted by Gasteiger charge is -2.09. The first-order valence-corrected chi connectivity index (χ1v) is 6.20. The smallest absolute Gasteiger partial charge is 0.338 e. The van der Waals surface area contributed by atoms with Crippen molar-refractivity contribution in [3.8, 4) is 0 Å². The Morgan fingerprint density at radius 3 is 2.71 bits per heavy atom. The zero-order valence-corrected chi connectivity index (χ0v) is 11.6. The lowest BCUT2D eigenvalue weighted by atomic mass is 10.2. The highest BCUT2D eigenvalue weighted by Gasteiger charge is 2.11. The molecule has 2 amide bonds. The third-order valence-electron chi connectivity index (χ3n) is 2.34. The van der Waals surface area contributed by atoms with Gasteiger partial charge >= 0.3 is 12.0 Å². The molecular weight excluding hydrogens is 279 g/mol. The molecule has 0 atom stereocenters. The molecule has 0 aliphatic heterocycles. The number of nitrogens with one attached hydrogen (secondary N) is 2. The fourth-order valence-corrected chi connectivity index (χ4v) is 1.42. The number of carbonyl (C=O) groups excluding carboxylic acids is 1. The number of urea groups is 1. The second-order valence-electron chi connectivity index (χ2n) is 4.39. The van der Waals surface area contributed by atoms with Crippen molar-refractivity contribution in [1.29, 1.82) is 0 Å². The third kappa shape index (κ3) is 6.05. The summed E-state index contributed by atoms with van der Waals surface area (Å²) in [6.07, 6.45) is 0. The van der Waals surface area contributed by atoms with Gasteiger partial charge in [0.2, 0.25) is 0 Å². The number of hydrogen-bond donors (Lipinski definition) is 3. The van der Waals surface area contributed by atoms with Crippen LogP contribution in [0.15, 0.2) is 30.4 Å². The van der Waals surface area contributed by atoms with Crippen molar-refractivity contribution < 1.29 is 23.8 Å². The monoisotopic (exact) mass is 296 g/mol. The number of benzene rings is 1. The van der Waals surface area contributed by atoms with Gasteiger partial charge in [0.05, 0.1) is 18.8 Å². The van der Waals surface area contributed by atoms with E-state index in [1.54, 1.807) is 0 Å². The van der Waals surface area contributed by atoms with Gasteiger partial charge in [0.25, 0.3) is 0 Å². The van der Waals surface area contributed by atoms with E-state index in [1.165, 1.54) is 6.07 Å². The van der Waals surface area contributed by atoms with Gasteiger partial charge in [-0.1, -0.05) is 12.2 Å². The van der Waals surface area contributed by atoms with Crippen LogP contribution in [0.4, 0.5) is 14.9 Å². The Kier molecular flexibility index (Phi) is 6.35. The molecule has 0 aliphatic carbocycles. The van der Waals surface area contributed by atoms with Crippen molar-refractivity contribution in [3.63, 3.8) is 0 Å². The number of carbonyl (C=O) groups is 2. The van der Waals surface area contributed by atoms with Crippen LogP contribution >= 0.6 is 0 Å². The Labute approximate surface area is 121 Å². The molecule has 114 valence electrons. The van der Waals surface area contributed by atoms with Crippen molar-refractivity contribution in [2.75, 3.05) is 25.1 Å². The van der Waals surface area contributed by atoms with Crippen LogP contribution in [-0.4, -0.2) is 36.9 Å². The Bertz CT molecular complexity index is 546. The number of anilines is 1. The lowest BCUT2D eigenvalue weighted by molar-refractivity contribution is 0.0692. The van der Waals surface area contributed by atoms with Crippen molar-refractivity contribution in [3.05, 3.63) is 41.7 Å². The molecule has 1 aromatic rings. The molecule has 0 unspecified atom stereocenters. The molecule has 0 fully saturated rings. The van der Waals surface area contributed by atoms with E-state index in [0.29, 0.717) is 13.2 Å². The van der Waals surface area contributed by atoms with Gasteiger partial charge in [-0.2, -0.15) is 0 Å². The normalized spacial score (nSPS) is 10.0. The molecule has 0 radical (unpaired) electrons. The number of hydrogen-bond acceptors (Lipinski definition) is 3. The number of rotatable bonds is 7. The fraction of sp³-hybridized carbons (Fsp3) is 0.286. The summed E-state index contributed by atoms with van der Waals surface area (Å²) in [7, 11) is 0. The van der Waals surface area contributed by atoms with Crippen molar-refractivity contribution in [1.82, 2.24) is 5.32 Å². The Morgan fingerprint density at radius 2 is 2.14 bits per heavy atom. The van der Waals surface area contributed by atoms with Gasteiger partial charge in [0.1, 0.15) is 5.82 Å². The summed E-state index contributed by atoms with van der Waals surface area (Å²) in [4.78, 5) is 22.2. The molecule has 21 heavy (non-hydrogen) atoms. The second kappa shape index (κ2) is 8.01. The standard InChI is InChI=1S/C14H17FN2O4/c1-9(2)8-21-6-5-16-14(20)17-10-3-4-11(13(18)19)12(15)7-10/h3-4,7H,1,5-6,8H2,2H3,(H,18,19)(H2,16,17,20). The van der Waals surface area contributed by atoms with Crippen LogP contribution in [0.25, 0.3) is 0 Å². The van der Waals surface area contributed by atoms with Gasteiger partial charge in [-0.25, -0.2) is 14.0 Å².